The summed E-state index contributed by atoms with van der Waals surface area (Å²) < 4.78 is 0. The number of benzene rings is 1. The molecule has 3 amide bonds. The molecule has 1 fully saturated rings. The Morgan fingerprint density at radius 1 is 1.30 bits per heavy atom. The molecule has 2 heterocycles. The normalized spacial score (nSPS) is 19.1. The molecule has 1 aromatic carbocycles. The van der Waals surface area contributed by atoms with Gasteiger partial charge in [0.1, 0.15) is 0 Å². The predicted molar refractivity (Wildman–Crippen MR) is 97.3 cm³/mol. The molecule has 1 saturated heterocycles. The lowest BCUT2D eigenvalue weighted by Crippen LogP contribution is -2.46. The molecule has 0 saturated carbocycles. The molecule has 144 valence electrons. The van der Waals surface area contributed by atoms with Crippen molar-refractivity contribution in [3.8, 4) is 0 Å². The number of hydrogen-bond acceptors (Lipinski definition) is 4. The van der Waals surface area contributed by atoms with Gasteiger partial charge in [0.2, 0.25) is 11.8 Å². The number of nitrogens with one attached hydrogen (secondary N) is 1. The van der Waals surface area contributed by atoms with Crippen LogP contribution in [0.5, 0.6) is 0 Å². The van der Waals surface area contributed by atoms with Gasteiger partial charge in [-0.25, -0.2) is 0 Å². The molecule has 1 aromatic rings. The molecule has 2 aliphatic heterocycles. The fraction of sp³-hybridized carbons (Fsp3) is 0.474. The lowest BCUT2D eigenvalue weighted by atomic mass is 9.98. The zero-order valence-corrected chi connectivity index (χ0v) is 15.2. The molecule has 0 aromatic heterocycles. The van der Waals surface area contributed by atoms with Crippen LogP contribution in [0.25, 0.3) is 0 Å². The molecule has 27 heavy (non-hydrogen) atoms. The summed E-state index contributed by atoms with van der Waals surface area (Å²) in [7, 11) is 1.56. The number of carbonyl (C=O) groups excluding carboxylic acids is 3. The smallest absolute Gasteiger partial charge is 0.308 e. The van der Waals surface area contributed by atoms with Gasteiger partial charge >= 0.3 is 5.97 Å². The number of nitrogens with zero attached hydrogens (tertiary/aromatic N) is 2. The predicted octanol–water partition coefficient (Wildman–Crippen LogP) is 0.966. The van der Waals surface area contributed by atoms with E-state index in [2.05, 4.69) is 5.32 Å². The summed E-state index contributed by atoms with van der Waals surface area (Å²) in [6, 6.07) is 5.09. The van der Waals surface area contributed by atoms with Gasteiger partial charge in [0, 0.05) is 37.8 Å². The van der Waals surface area contributed by atoms with Crippen molar-refractivity contribution in [2.75, 3.05) is 32.0 Å². The molecule has 8 heteroatoms. The van der Waals surface area contributed by atoms with Crippen LogP contribution < -0.4 is 5.32 Å². The van der Waals surface area contributed by atoms with E-state index in [9.17, 15) is 19.2 Å². The van der Waals surface area contributed by atoms with E-state index in [0.29, 0.717) is 37.8 Å². The lowest BCUT2D eigenvalue weighted by Gasteiger charge is -2.32. The minimum Gasteiger partial charge on any atom is -0.481 e. The number of carboxylic acid groups (broad SMARTS) is 1. The number of likely N-dealkylation sites (tertiary alicyclic amines) is 1. The highest BCUT2D eigenvalue weighted by atomic mass is 16.4. The first-order valence-electron chi connectivity index (χ1n) is 9.04. The van der Waals surface area contributed by atoms with Crippen LogP contribution in [0, 0.1) is 5.92 Å². The van der Waals surface area contributed by atoms with E-state index < -0.39 is 11.9 Å². The Hall–Kier alpha value is -2.90. The molecule has 0 radical (unpaired) electrons. The van der Waals surface area contributed by atoms with Crippen molar-refractivity contribution in [2.45, 2.75) is 25.7 Å². The summed E-state index contributed by atoms with van der Waals surface area (Å²) in [6.07, 6.45) is 2.18. The molecule has 1 atom stereocenters. The standard InChI is InChI=1S/C19H23N3O5/c1-21(11-17(24)22-8-2-3-14(10-22)19(26)27)18(25)13-4-6-15-12(9-13)5-7-16(23)20-15/h4,6,9,14H,2-3,5,7-8,10-11H2,1H3,(H,20,23)(H,26,27). The van der Waals surface area contributed by atoms with E-state index in [4.69, 9.17) is 5.11 Å². The highest BCUT2D eigenvalue weighted by molar-refractivity contribution is 5.99. The molecule has 0 bridgehead atoms. The average molecular weight is 373 g/mol. The Morgan fingerprint density at radius 2 is 2.07 bits per heavy atom. The quantitative estimate of drug-likeness (QED) is 0.818. The first-order chi connectivity index (χ1) is 12.8. The summed E-state index contributed by atoms with van der Waals surface area (Å²) in [5.41, 5.74) is 2.08. The Bertz CT molecular complexity index is 792. The molecular formula is C19H23N3O5. The van der Waals surface area contributed by atoms with E-state index >= 15 is 0 Å². The second-order valence-corrected chi connectivity index (χ2v) is 7.10. The summed E-state index contributed by atoms with van der Waals surface area (Å²) in [4.78, 5) is 50.6. The van der Waals surface area contributed by atoms with Crippen LogP contribution in [-0.2, 0) is 20.8 Å². The van der Waals surface area contributed by atoms with Crippen molar-refractivity contribution >= 4 is 29.4 Å². The molecule has 0 aliphatic carbocycles. The number of carboxylic acids is 1. The summed E-state index contributed by atoms with van der Waals surface area (Å²) in [6.45, 7) is 0.608. The maximum atomic E-state index is 12.7. The number of piperidine rings is 1. The van der Waals surface area contributed by atoms with Gasteiger partial charge in [0.15, 0.2) is 0 Å². The highest BCUT2D eigenvalue weighted by Crippen LogP contribution is 2.24. The maximum absolute atomic E-state index is 12.7. The number of aryl methyl sites for hydroxylation is 1. The van der Waals surface area contributed by atoms with Gasteiger partial charge in [-0.1, -0.05) is 0 Å². The molecular weight excluding hydrogens is 350 g/mol. The number of hydrogen-bond donors (Lipinski definition) is 2. The molecule has 1 unspecified atom stereocenters. The zero-order chi connectivity index (χ0) is 19.6. The van der Waals surface area contributed by atoms with Crippen LogP contribution in [0.15, 0.2) is 18.2 Å². The van der Waals surface area contributed by atoms with Crippen molar-refractivity contribution in [1.29, 1.82) is 0 Å². The number of rotatable bonds is 4. The second-order valence-electron chi connectivity index (χ2n) is 7.10. The summed E-state index contributed by atoms with van der Waals surface area (Å²) in [5, 5.41) is 11.9. The third-order valence-electron chi connectivity index (χ3n) is 5.09. The summed E-state index contributed by atoms with van der Waals surface area (Å²) >= 11 is 0. The Labute approximate surface area is 157 Å². The number of anilines is 1. The van der Waals surface area contributed by atoms with Crippen molar-refractivity contribution in [3.05, 3.63) is 29.3 Å². The fourth-order valence-corrected chi connectivity index (χ4v) is 3.52. The first-order valence-corrected chi connectivity index (χ1v) is 9.04. The molecule has 0 spiro atoms. The minimum absolute atomic E-state index is 0.0366. The van der Waals surface area contributed by atoms with Crippen molar-refractivity contribution in [2.24, 2.45) is 5.92 Å². The second kappa shape index (κ2) is 7.77. The average Bonchev–Trinajstić information content (AvgIpc) is 2.66. The van der Waals surface area contributed by atoms with Crippen molar-refractivity contribution in [1.82, 2.24) is 9.80 Å². The molecule has 2 N–H and O–H groups in total. The van der Waals surface area contributed by atoms with Gasteiger partial charge in [-0.2, -0.15) is 0 Å². The SMILES string of the molecule is CN(CC(=O)N1CCCC(C(=O)O)C1)C(=O)c1ccc2c(c1)CCC(=O)N2. The van der Waals surface area contributed by atoms with Crippen molar-refractivity contribution in [3.63, 3.8) is 0 Å². The Kier molecular flexibility index (Phi) is 5.43. The molecule has 8 nitrogen and oxygen atoms in total. The van der Waals surface area contributed by atoms with Crippen molar-refractivity contribution < 1.29 is 24.3 Å². The van der Waals surface area contributed by atoms with Crippen LogP contribution >= 0.6 is 0 Å². The minimum atomic E-state index is -0.891. The fourth-order valence-electron chi connectivity index (χ4n) is 3.52. The van der Waals surface area contributed by atoms with Gasteiger partial charge in [-0.3, -0.25) is 19.2 Å². The van der Waals surface area contributed by atoms with E-state index in [1.165, 1.54) is 9.80 Å². The van der Waals surface area contributed by atoms with Gasteiger partial charge < -0.3 is 20.2 Å². The molecule has 3 rings (SSSR count). The van der Waals surface area contributed by atoms with E-state index in [0.717, 1.165) is 11.3 Å². The number of fused-ring (bicyclic) bond motifs is 1. The van der Waals surface area contributed by atoms with Gasteiger partial charge in [0.05, 0.1) is 12.5 Å². The number of amides is 3. The van der Waals surface area contributed by atoms with E-state index in [1.54, 1.807) is 25.2 Å². The lowest BCUT2D eigenvalue weighted by molar-refractivity contribution is -0.145. The van der Waals surface area contributed by atoms with Crippen LogP contribution in [0.4, 0.5) is 5.69 Å². The third kappa shape index (κ3) is 4.27. The topological polar surface area (TPSA) is 107 Å². The highest BCUT2D eigenvalue weighted by Gasteiger charge is 2.29. The van der Waals surface area contributed by atoms with E-state index in [-0.39, 0.29) is 30.8 Å². The first kappa shape index (κ1) is 18.9. The van der Waals surface area contributed by atoms with Gasteiger partial charge in [-0.05, 0) is 43.0 Å². The molecule has 2 aliphatic rings. The van der Waals surface area contributed by atoms with Crippen LogP contribution in [-0.4, -0.2) is 65.3 Å². The Morgan fingerprint density at radius 3 is 2.81 bits per heavy atom. The van der Waals surface area contributed by atoms with Crippen LogP contribution in [0.1, 0.15) is 35.2 Å². The van der Waals surface area contributed by atoms with Crippen LogP contribution in [0.3, 0.4) is 0 Å². The Balaban J connectivity index is 1.63. The summed E-state index contributed by atoms with van der Waals surface area (Å²) in [5.74, 6) is -2.00. The van der Waals surface area contributed by atoms with Gasteiger partial charge in [-0.15, -0.1) is 0 Å². The zero-order valence-electron chi connectivity index (χ0n) is 15.2. The number of aliphatic carboxylic acids is 1. The third-order valence-corrected chi connectivity index (χ3v) is 5.09. The maximum Gasteiger partial charge on any atom is 0.308 e. The van der Waals surface area contributed by atoms with Crippen LogP contribution in [0.2, 0.25) is 0 Å². The number of likely N-dealkylation sites (N-methyl/N-ethyl adjacent to an activating group) is 1. The van der Waals surface area contributed by atoms with E-state index in [1.807, 2.05) is 0 Å². The number of carbonyl (C=O) groups is 4. The van der Waals surface area contributed by atoms with Gasteiger partial charge in [0.25, 0.3) is 5.91 Å². The largest absolute Gasteiger partial charge is 0.481 e. The monoisotopic (exact) mass is 373 g/mol.